The van der Waals surface area contributed by atoms with Gasteiger partial charge in [0.2, 0.25) is 0 Å². The van der Waals surface area contributed by atoms with Crippen LogP contribution in [-0.4, -0.2) is 16.8 Å². The largest absolute Gasteiger partial charge is 0.281 e. The zero-order valence-electron chi connectivity index (χ0n) is 15.0. The first kappa shape index (κ1) is 19.2. The first-order chi connectivity index (χ1) is 12.8. The van der Waals surface area contributed by atoms with E-state index in [9.17, 15) is 14.0 Å². The molecule has 0 aliphatic heterocycles. The molecule has 0 saturated heterocycles. The SMILES string of the molecule is Cc1nc(C(C)C)sc1C(=O)NNC(=O)c1ccc(-c2ccc(F)cc2)s1. The van der Waals surface area contributed by atoms with Crippen LogP contribution in [0, 0.1) is 12.7 Å². The highest BCUT2D eigenvalue weighted by Crippen LogP contribution is 2.28. The molecule has 0 saturated carbocycles. The third kappa shape index (κ3) is 4.40. The Morgan fingerprint density at radius 2 is 1.67 bits per heavy atom. The Hall–Kier alpha value is -2.58. The van der Waals surface area contributed by atoms with Crippen LogP contribution in [0.1, 0.15) is 49.8 Å². The topological polar surface area (TPSA) is 71.1 Å². The number of hydrogen-bond donors (Lipinski definition) is 2. The summed E-state index contributed by atoms with van der Waals surface area (Å²) in [7, 11) is 0. The highest BCUT2D eigenvalue weighted by molar-refractivity contribution is 7.17. The number of aryl methyl sites for hydroxylation is 1. The van der Waals surface area contributed by atoms with Gasteiger partial charge in [-0.05, 0) is 36.8 Å². The van der Waals surface area contributed by atoms with Crippen molar-refractivity contribution < 1.29 is 14.0 Å². The molecule has 0 unspecified atom stereocenters. The Morgan fingerprint density at radius 3 is 2.30 bits per heavy atom. The fourth-order valence-corrected chi connectivity index (χ4v) is 4.21. The third-order valence-corrected chi connectivity index (χ3v) is 6.35. The molecule has 0 atom stereocenters. The summed E-state index contributed by atoms with van der Waals surface area (Å²) in [5.41, 5.74) is 6.33. The minimum atomic E-state index is -0.409. The molecule has 2 N–H and O–H groups in total. The van der Waals surface area contributed by atoms with E-state index in [2.05, 4.69) is 15.8 Å². The Kier molecular flexibility index (Phi) is 5.67. The molecular weight excluding hydrogens is 385 g/mol. The van der Waals surface area contributed by atoms with E-state index in [1.165, 1.54) is 34.8 Å². The van der Waals surface area contributed by atoms with Gasteiger partial charge in [0.15, 0.2) is 0 Å². The van der Waals surface area contributed by atoms with Gasteiger partial charge < -0.3 is 0 Å². The summed E-state index contributed by atoms with van der Waals surface area (Å²) in [5.74, 6) is -0.871. The first-order valence-corrected chi connectivity index (χ1v) is 9.92. The molecule has 5 nitrogen and oxygen atoms in total. The summed E-state index contributed by atoms with van der Waals surface area (Å²) in [4.78, 5) is 30.7. The lowest BCUT2D eigenvalue weighted by Crippen LogP contribution is -2.41. The van der Waals surface area contributed by atoms with E-state index >= 15 is 0 Å². The number of hydrazine groups is 1. The van der Waals surface area contributed by atoms with Gasteiger partial charge in [-0.1, -0.05) is 26.0 Å². The van der Waals surface area contributed by atoms with E-state index in [0.29, 0.717) is 15.4 Å². The standard InChI is InChI=1S/C19H18FN3O2S2/c1-10(2)19-21-11(3)16(27-19)18(25)23-22-17(24)15-9-8-14(26-15)12-4-6-13(20)7-5-12/h4-10H,1-3H3,(H,22,24)(H,23,25). The lowest BCUT2D eigenvalue weighted by molar-refractivity contribution is 0.0850. The van der Waals surface area contributed by atoms with E-state index < -0.39 is 5.91 Å². The number of nitrogens with zero attached hydrogens (tertiary/aromatic N) is 1. The second-order valence-corrected chi connectivity index (χ2v) is 8.31. The number of carbonyl (C=O) groups is 2. The molecule has 140 valence electrons. The van der Waals surface area contributed by atoms with Crippen molar-refractivity contribution in [2.75, 3.05) is 0 Å². The molecule has 3 rings (SSSR count). The molecule has 2 heterocycles. The maximum Gasteiger partial charge on any atom is 0.281 e. The molecule has 1 aromatic carbocycles. The molecule has 27 heavy (non-hydrogen) atoms. The minimum Gasteiger partial charge on any atom is -0.266 e. The second kappa shape index (κ2) is 7.98. The van der Waals surface area contributed by atoms with E-state index in [1.807, 2.05) is 13.8 Å². The minimum absolute atomic E-state index is 0.237. The van der Waals surface area contributed by atoms with Crippen molar-refractivity contribution in [2.24, 2.45) is 0 Å². The van der Waals surface area contributed by atoms with Crippen LogP contribution in [0.2, 0.25) is 0 Å². The van der Waals surface area contributed by atoms with Crippen LogP contribution < -0.4 is 10.9 Å². The van der Waals surface area contributed by atoms with Crippen LogP contribution >= 0.6 is 22.7 Å². The lowest BCUT2D eigenvalue weighted by Gasteiger charge is -2.05. The number of rotatable bonds is 4. The average Bonchev–Trinajstić information content (AvgIpc) is 3.27. The van der Waals surface area contributed by atoms with Gasteiger partial charge in [0, 0.05) is 10.8 Å². The number of carbonyl (C=O) groups excluding carboxylic acids is 2. The predicted octanol–water partition coefficient (Wildman–Crippen LogP) is 4.52. The Bertz CT molecular complexity index is 977. The summed E-state index contributed by atoms with van der Waals surface area (Å²) < 4.78 is 13.0. The Balaban J connectivity index is 1.64. The van der Waals surface area contributed by atoms with Crippen molar-refractivity contribution in [1.82, 2.24) is 15.8 Å². The molecule has 0 radical (unpaired) electrons. The summed E-state index contributed by atoms with van der Waals surface area (Å²) in [5, 5.41) is 0.881. The number of aromatic nitrogens is 1. The van der Waals surface area contributed by atoms with Crippen molar-refractivity contribution in [3.8, 4) is 10.4 Å². The zero-order valence-corrected chi connectivity index (χ0v) is 16.6. The summed E-state index contributed by atoms with van der Waals surface area (Å²) in [6.07, 6.45) is 0. The van der Waals surface area contributed by atoms with E-state index in [0.717, 1.165) is 15.4 Å². The fourth-order valence-electron chi connectivity index (χ4n) is 2.34. The number of halogens is 1. The number of amides is 2. The van der Waals surface area contributed by atoms with Gasteiger partial charge in [0.1, 0.15) is 10.7 Å². The number of hydrogen-bond acceptors (Lipinski definition) is 5. The molecule has 0 aliphatic carbocycles. The van der Waals surface area contributed by atoms with Crippen LogP contribution in [0.15, 0.2) is 36.4 Å². The van der Waals surface area contributed by atoms with Crippen LogP contribution in [0.5, 0.6) is 0 Å². The number of thiazole rings is 1. The number of benzene rings is 1. The molecule has 0 aliphatic rings. The van der Waals surface area contributed by atoms with Gasteiger partial charge in [-0.15, -0.1) is 22.7 Å². The smallest absolute Gasteiger partial charge is 0.266 e. The predicted molar refractivity (Wildman–Crippen MR) is 106 cm³/mol. The molecular formula is C19H18FN3O2S2. The number of nitrogens with one attached hydrogen (secondary N) is 2. The Morgan fingerprint density at radius 1 is 1.00 bits per heavy atom. The van der Waals surface area contributed by atoms with E-state index in [4.69, 9.17) is 0 Å². The van der Waals surface area contributed by atoms with Crippen LogP contribution in [0.3, 0.4) is 0 Å². The van der Waals surface area contributed by atoms with Gasteiger partial charge in [0.25, 0.3) is 11.8 Å². The molecule has 0 spiro atoms. The molecule has 2 aromatic heterocycles. The lowest BCUT2D eigenvalue weighted by atomic mass is 10.2. The summed E-state index contributed by atoms with van der Waals surface area (Å²) >= 11 is 2.59. The summed E-state index contributed by atoms with van der Waals surface area (Å²) in [6, 6.07) is 9.51. The van der Waals surface area contributed by atoms with E-state index in [1.54, 1.807) is 31.2 Å². The van der Waals surface area contributed by atoms with Crippen molar-refractivity contribution in [3.63, 3.8) is 0 Å². The fraction of sp³-hybridized carbons (Fsp3) is 0.211. The molecule has 2 amide bonds. The van der Waals surface area contributed by atoms with Crippen molar-refractivity contribution >= 4 is 34.5 Å². The molecule has 0 bridgehead atoms. The van der Waals surface area contributed by atoms with E-state index in [-0.39, 0.29) is 17.6 Å². The Labute approximate surface area is 164 Å². The first-order valence-electron chi connectivity index (χ1n) is 8.29. The van der Waals surface area contributed by atoms with Gasteiger partial charge >= 0.3 is 0 Å². The van der Waals surface area contributed by atoms with Gasteiger partial charge in [-0.25, -0.2) is 9.37 Å². The van der Waals surface area contributed by atoms with Crippen LogP contribution in [-0.2, 0) is 0 Å². The quantitative estimate of drug-likeness (QED) is 0.629. The molecule has 8 heteroatoms. The zero-order chi connectivity index (χ0) is 19.6. The monoisotopic (exact) mass is 403 g/mol. The maximum atomic E-state index is 13.0. The van der Waals surface area contributed by atoms with Crippen molar-refractivity contribution in [1.29, 1.82) is 0 Å². The second-order valence-electron chi connectivity index (χ2n) is 6.20. The van der Waals surface area contributed by atoms with Gasteiger partial charge in [0.05, 0.1) is 15.6 Å². The van der Waals surface area contributed by atoms with Gasteiger partial charge in [-0.2, -0.15) is 0 Å². The maximum absolute atomic E-state index is 13.0. The highest BCUT2D eigenvalue weighted by Gasteiger charge is 2.18. The highest BCUT2D eigenvalue weighted by atomic mass is 32.1. The number of thiophene rings is 1. The summed E-state index contributed by atoms with van der Waals surface area (Å²) in [6.45, 7) is 5.79. The van der Waals surface area contributed by atoms with Gasteiger partial charge in [-0.3, -0.25) is 20.4 Å². The van der Waals surface area contributed by atoms with Crippen molar-refractivity contribution in [3.05, 3.63) is 62.7 Å². The van der Waals surface area contributed by atoms with Crippen LogP contribution in [0.25, 0.3) is 10.4 Å². The molecule has 0 fully saturated rings. The van der Waals surface area contributed by atoms with Crippen LogP contribution in [0.4, 0.5) is 4.39 Å². The normalized spacial score (nSPS) is 10.9. The molecule has 3 aromatic rings. The average molecular weight is 404 g/mol. The third-order valence-electron chi connectivity index (χ3n) is 3.76. The van der Waals surface area contributed by atoms with Crippen molar-refractivity contribution in [2.45, 2.75) is 26.7 Å².